The van der Waals surface area contributed by atoms with Crippen LogP contribution >= 0.6 is 12.6 Å². The monoisotopic (exact) mass is 328 g/mol. The van der Waals surface area contributed by atoms with E-state index in [1.807, 2.05) is 0 Å². The molecule has 0 aromatic carbocycles. The standard InChI is InChI=1S/C12H28O6SSi/c1-13-4-7-16-11(19)10-12(20,17-8-5-14-2)18-9-6-15-3/h11,19H,4-10H2,1-3,20H3. The number of hydrogen-bond acceptors (Lipinski definition) is 7. The Labute approximate surface area is 130 Å². The molecular formula is C12H28O6SSi. The molecule has 0 bridgehead atoms. The third kappa shape index (κ3) is 11.0. The summed E-state index contributed by atoms with van der Waals surface area (Å²) in [6, 6.07) is 0. The van der Waals surface area contributed by atoms with Crippen LogP contribution in [-0.2, 0) is 28.4 Å². The molecule has 0 aromatic rings. The zero-order valence-electron chi connectivity index (χ0n) is 12.9. The molecule has 1 atom stereocenters. The van der Waals surface area contributed by atoms with Gasteiger partial charge in [0.2, 0.25) is 0 Å². The highest BCUT2D eigenvalue weighted by molar-refractivity contribution is 7.80. The Hall–Kier alpha value is 0.327. The fraction of sp³-hybridized carbons (Fsp3) is 1.00. The number of ether oxygens (including phenoxy) is 6. The minimum Gasteiger partial charge on any atom is -0.382 e. The zero-order chi connectivity index (χ0) is 15.3. The van der Waals surface area contributed by atoms with E-state index in [2.05, 4.69) is 12.6 Å². The van der Waals surface area contributed by atoms with Crippen molar-refractivity contribution in [3.8, 4) is 0 Å². The second kappa shape index (κ2) is 13.0. The Bertz CT molecular complexity index is 212. The van der Waals surface area contributed by atoms with Gasteiger partial charge in [-0.25, -0.2) is 0 Å². The van der Waals surface area contributed by atoms with Crippen molar-refractivity contribution in [2.24, 2.45) is 0 Å². The van der Waals surface area contributed by atoms with E-state index in [9.17, 15) is 0 Å². The molecule has 0 amide bonds. The van der Waals surface area contributed by atoms with E-state index in [4.69, 9.17) is 28.4 Å². The van der Waals surface area contributed by atoms with Crippen molar-refractivity contribution in [2.75, 3.05) is 61.0 Å². The molecule has 0 saturated carbocycles. The van der Waals surface area contributed by atoms with E-state index in [0.29, 0.717) is 56.3 Å². The van der Waals surface area contributed by atoms with Crippen molar-refractivity contribution in [3.05, 3.63) is 0 Å². The van der Waals surface area contributed by atoms with Crippen LogP contribution in [0.25, 0.3) is 0 Å². The lowest BCUT2D eigenvalue weighted by atomic mass is 10.4. The third-order valence-electron chi connectivity index (χ3n) is 2.53. The summed E-state index contributed by atoms with van der Waals surface area (Å²) in [5, 5.41) is 0. The molecule has 0 fully saturated rings. The van der Waals surface area contributed by atoms with Gasteiger partial charge < -0.3 is 28.4 Å². The molecule has 0 radical (unpaired) electrons. The maximum atomic E-state index is 5.79. The molecule has 0 aromatic heterocycles. The summed E-state index contributed by atoms with van der Waals surface area (Å²) < 4.78 is 32.0. The van der Waals surface area contributed by atoms with Gasteiger partial charge in [0.05, 0.1) is 49.9 Å². The highest BCUT2D eigenvalue weighted by atomic mass is 32.1. The molecule has 0 saturated heterocycles. The van der Waals surface area contributed by atoms with Crippen LogP contribution in [0.5, 0.6) is 0 Å². The van der Waals surface area contributed by atoms with Gasteiger partial charge in [-0.05, 0) is 0 Å². The molecule has 8 heteroatoms. The molecule has 122 valence electrons. The van der Waals surface area contributed by atoms with Gasteiger partial charge >= 0.3 is 0 Å². The second-order valence-electron chi connectivity index (χ2n) is 4.34. The fourth-order valence-corrected chi connectivity index (χ4v) is 3.04. The van der Waals surface area contributed by atoms with E-state index in [0.717, 1.165) is 0 Å². The summed E-state index contributed by atoms with van der Waals surface area (Å²) in [5.41, 5.74) is -0.899. The molecule has 1 unspecified atom stereocenters. The van der Waals surface area contributed by atoms with Gasteiger partial charge in [0, 0.05) is 27.8 Å². The molecule has 0 aliphatic heterocycles. The predicted molar refractivity (Wildman–Crippen MR) is 83.5 cm³/mol. The van der Waals surface area contributed by atoms with Crippen molar-refractivity contribution < 1.29 is 28.4 Å². The maximum absolute atomic E-state index is 5.79. The highest BCUT2D eigenvalue weighted by Gasteiger charge is 2.29. The van der Waals surface area contributed by atoms with Crippen LogP contribution in [0.1, 0.15) is 6.42 Å². The smallest absolute Gasteiger partial charge is 0.145 e. The summed E-state index contributed by atoms with van der Waals surface area (Å²) in [4.78, 5) is 0. The van der Waals surface area contributed by atoms with E-state index >= 15 is 0 Å². The summed E-state index contributed by atoms with van der Waals surface area (Å²) in [7, 11) is 5.60. The SMILES string of the molecule is COCCOC(S)CC([SiH3])(OCCOC)OCCOC. The largest absolute Gasteiger partial charge is 0.382 e. The van der Waals surface area contributed by atoms with Gasteiger partial charge in [-0.3, -0.25) is 0 Å². The Morgan fingerprint density at radius 2 is 1.30 bits per heavy atom. The molecule has 0 N–H and O–H groups in total. The van der Waals surface area contributed by atoms with E-state index in [-0.39, 0.29) is 5.44 Å². The topological polar surface area (TPSA) is 55.4 Å². The molecule has 0 aliphatic carbocycles. The van der Waals surface area contributed by atoms with Crippen LogP contribution in [-0.4, -0.2) is 82.1 Å². The van der Waals surface area contributed by atoms with E-state index in [1.54, 1.807) is 21.3 Å². The van der Waals surface area contributed by atoms with Crippen LogP contribution in [0.15, 0.2) is 0 Å². The van der Waals surface area contributed by atoms with Crippen molar-refractivity contribution in [2.45, 2.75) is 17.3 Å². The first kappa shape index (κ1) is 20.3. The molecule has 6 nitrogen and oxygen atoms in total. The lowest BCUT2D eigenvalue weighted by molar-refractivity contribution is -0.200. The lowest BCUT2D eigenvalue weighted by Gasteiger charge is -2.32. The van der Waals surface area contributed by atoms with Gasteiger partial charge in [0.1, 0.15) is 10.8 Å². The number of hydrogen-bond donors (Lipinski definition) is 1. The molecule has 20 heavy (non-hydrogen) atoms. The Balaban J connectivity index is 4.18. The first-order chi connectivity index (χ1) is 9.58. The van der Waals surface area contributed by atoms with Crippen LogP contribution in [0.3, 0.4) is 0 Å². The third-order valence-corrected chi connectivity index (χ3v) is 3.85. The van der Waals surface area contributed by atoms with Gasteiger partial charge in [0.15, 0.2) is 0 Å². The van der Waals surface area contributed by atoms with E-state index in [1.165, 1.54) is 0 Å². The highest BCUT2D eigenvalue weighted by Crippen LogP contribution is 2.20. The number of rotatable bonds is 14. The van der Waals surface area contributed by atoms with Crippen molar-refractivity contribution in [1.29, 1.82) is 0 Å². The van der Waals surface area contributed by atoms with Crippen molar-refractivity contribution in [3.63, 3.8) is 0 Å². The molecule has 0 spiro atoms. The Kier molecular flexibility index (Phi) is 13.2. The summed E-state index contributed by atoms with van der Waals surface area (Å²) in [5.74, 6) is 0. The van der Waals surface area contributed by atoms with Crippen LogP contribution in [0.4, 0.5) is 0 Å². The molecule has 0 heterocycles. The predicted octanol–water partition coefficient (Wildman–Crippen LogP) is -0.359. The van der Waals surface area contributed by atoms with Crippen molar-refractivity contribution in [1.82, 2.24) is 0 Å². The maximum Gasteiger partial charge on any atom is 0.145 e. The van der Waals surface area contributed by atoms with Crippen LogP contribution < -0.4 is 0 Å². The summed E-state index contributed by atoms with van der Waals surface area (Å²) >= 11 is 4.41. The molecular weight excluding hydrogens is 300 g/mol. The fourth-order valence-electron chi connectivity index (χ4n) is 1.48. The lowest BCUT2D eigenvalue weighted by Crippen LogP contribution is -2.41. The van der Waals surface area contributed by atoms with E-state index < -0.39 is 5.41 Å². The first-order valence-corrected chi connectivity index (χ1v) is 8.14. The van der Waals surface area contributed by atoms with Gasteiger partial charge in [-0.1, -0.05) is 0 Å². The quantitative estimate of drug-likeness (QED) is 0.203. The second-order valence-corrected chi connectivity index (χ2v) is 6.44. The Morgan fingerprint density at radius 1 is 0.850 bits per heavy atom. The van der Waals surface area contributed by atoms with Crippen molar-refractivity contribution >= 4 is 22.9 Å². The summed E-state index contributed by atoms with van der Waals surface area (Å²) in [6.45, 7) is 3.05. The normalized spacial score (nSPS) is 13.8. The summed E-state index contributed by atoms with van der Waals surface area (Å²) in [6.07, 6.45) is 0.555. The van der Waals surface area contributed by atoms with Crippen LogP contribution in [0.2, 0.25) is 0 Å². The van der Waals surface area contributed by atoms with Gasteiger partial charge in [-0.2, -0.15) is 0 Å². The van der Waals surface area contributed by atoms with Gasteiger partial charge in [0.25, 0.3) is 0 Å². The minimum absolute atomic E-state index is 0.257. The first-order valence-electron chi connectivity index (χ1n) is 6.62. The Morgan fingerprint density at radius 3 is 1.75 bits per heavy atom. The van der Waals surface area contributed by atoms with Gasteiger partial charge in [-0.15, -0.1) is 12.6 Å². The average molecular weight is 329 g/mol. The zero-order valence-corrected chi connectivity index (χ0v) is 15.8. The number of methoxy groups -OCH3 is 3. The number of thiol groups is 1. The molecule has 0 rings (SSSR count). The average Bonchev–Trinajstić information content (AvgIpc) is 2.39. The minimum atomic E-state index is -0.642. The van der Waals surface area contributed by atoms with Crippen LogP contribution in [0, 0.1) is 0 Å². The molecule has 0 aliphatic rings.